The van der Waals surface area contributed by atoms with Crippen LogP contribution in [0.2, 0.25) is 0 Å². The van der Waals surface area contributed by atoms with E-state index in [2.05, 4.69) is 22.3 Å². The van der Waals surface area contributed by atoms with Crippen LogP contribution in [0.1, 0.15) is 12.0 Å². The standard InChI is InChI=1S/C22H28FN3O2/c1-28-21-8-2-18(3-9-21)10-12-24-13-11-22(27)26-16-14-25(15-17-26)20-6-4-19(23)5-7-20/h2-9,24H,10-17H2,1H3. The molecule has 1 aliphatic heterocycles. The van der Waals surface area contributed by atoms with Crippen molar-refractivity contribution in [2.24, 2.45) is 0 Å². The summed E-state index contributed by atoms with van der Waals surface area (Å²) in [4.78, 5) is 16.5. The minimum atomic E-state index is -0.225. The van der Waals surface area contributed by atoms with Crippen LogP contribution in [-0.2, 0) is 11.2 Å². The number of amides is 1. The topological polar surface area (TPSA) is 44.8 Å². The van der Waals surface area contributed by atoms with Crippen LogP contribution in [-0.4, -0.2) is 57.2 Å². The maximum Gasteiger partial charge on any atom is 0.223 e. The van der Waals surface area contributed by atoms with Crippen molar-refractivity contribution in [2.75, 3.05) is 51.3 Å². The highest BCUT2D eigenvalue weighted by molar-refractivity contribution is 5.76. The highest BCUT2D eigenvalue weighted by Crippen LogP contribution is 2.17. The van der Waals surface area contributed by atoms with E-state index in [0.29, 0.717) is 26.1 Å². The maximum absolute atomic E-state index is 13.0. The SMILES string of the molecule is COc1ccc(CCNCCC(=O)N2CCN(c3ccc(F)cc3)CC2)cc1. The van der Waals surface area contributed by atoms with Gasteiger partial charge in [0.25, 0.3) is 0 Å². The molecule has 0 aromatic heterocycles. The van der Waals surface area contributed by atoms with Gasteiger partial charge in [0.1, 0.15) is 11.6 Å². The van der Waals surface area contributed by atoms with Crippen molar-refractivity contribution in [2.45, 2.75) is 12.8 Å². The lowest BCUT2D eigenvalue weighted by Gasteiger charge is -2.36. The zero-order chi connectivity index (χ0) is 19.8. The van der Waals surface area contributed by atoms with Crippen molar-refractivity contribution < 1.29 is 13.9 Å². The van der Waals surface area contributed by atoms with Crippen LogP contribution in [0.15, 0.2) is 48.5 Å². The summed E-state index contributed by atoms with van der Waals surface area (Å²) in [5.41, 5.74) is 2.25. The Balaban J connectivity index is 1.31. The molecule has 150 valence electrons. The molecular weight excluding hydrogens is 357 g/mol. The number of benzene rings is 2. The van der Waals surface area contributed by atoms with E-state index in [0.717, 1.165) is 37.5 Å². The molecule has 1 N–H and O–H groups in total. The Labute approximate surface area is 166 Å². The van der Waals surface area contributed by atoms with E-state index in [1.165, 1.54) is 17.7 Å². The molecular formula is C22H28FN3O2. The predicted molar refractivity (Wildman–Crippen MR) is 109 cm³/mol. The molecule has 0 bridgehead atoms. The second kappa shape index (κ2) is 10.1. The van der Waals surface area contributed by atoms with Crippen LogP contribution >= 0.6 is 0 Å². The van der Waals surface area contributed by atoms with Gasteiger partial charge in [-0.25, -0.2) is 4.39 Å². The van der Waals surface area contributed by atoms with E-state index in [1.54, 1.807) is 19.2 Å². The average molecular weight is 385 g/mol. The molecule has 0 saturated carbocycles. The first-order valence-electron chi connectivity index (χ1n) is 9.77. The van der Waals surface area contributed by atoms with Gasteiger partial charge in [0, 0.05) is 44.8 Å². The summed E-state index contributed by atoms with van der Waals surface area (Å²) in [6.07, 6.45) is 1.44. The van der Waals surface area contributed by atoms with Crippen LogP contribution in [0.4, 0.5) is 10.1 Å². The molecule has 6 heteroatoms. The monoisotopic (exact) mass is 385 g/mol. The number of rotatable bonds is 8. The second-order valence-electron chi connectivity index (χ2n) is 6.94. The molecule has 0 spiro atoms. The fourth-order valence-corrected chi connectivity index (χ4v) is 3.37. The molecule has 1 saturated heterocycles. The van der Waals surface area contributed by atoms with Gasteiger partial charge in [0.15, 0.2) is 0 Å². The number of piperazine rings is 1. The number of hydrogen-bond donors (Lipinski definition) is 1. The lowest BCUT2D eigenvalue weighted by molar-refractivity contribution is -0.131. The summed E-state index contributed by atoms with van der Waals surface area (Å²) < 4.78 is 18.2. The van der Waals surface area contributed by atoms with Gasteiger partial charge in [0.2, 0.25) is 5.91 Å². The van der Waals surface area contributed by atoms with Crippen LogP contribution in [0.5, 0.6) is 5.75 Å². The Bertz CT molecular complexity index is 741. The van der Waals surface area contributed by atoms with Crippen LogP contribution < -0.4 is 15.0 Å². The smallest absolute Gasteiger partial charge is 0.223 e. The molecule has 2 aromatic rings. The molecule has 28 heavy (non-hydrogen) atoms. The maximum atomic E-state index is 13.0. The van der Waals surface area contributed by atoms with E-state index in [9.17, 15) is 9.18 Å². The molecule has 2 aromatic carbocycles. The Morgan fingerprint density at radius 3 is 2.32 bits per heavy atom. The number of halogens is 1. The van der Waals surface area contributed by atoms with Crippen molar-refractivity contribution >= 4 is 11.6 Å². The first-order valence-corrected chi connectivity index (χ1v) is 9.77. The molecule has 1 amide bonds. The van der Waals surface area contributed by atoms with Gasteiger partial charge in [-0.1, -0.05) is 12.1 Å². The third-order valence-corrected chi connectivity index (χ3v) is 5.09. The summed E-state index contributed by atoms with van der Waals surface area (Å²) in [7, 11) is 1.66. The predicted octanol–water partition coefficient (Wildman–Crippen LogP) is 2.71. The fourth-order valence-electron chi connectivity index (χ4n) is 3.37. The first-order chi connectivity index (χ1) is 13.7. The number of carbonyl (C=O) groups is 1. The zero-order valence-corrected chi connectivity index (χ0v) is 16.4. The van der Waals surface area contributed by atoms with Crippen molar-refractivity contribution in [1.29, 1.82) is 0 Å². The van der Waals surface area contributed by atoms with Gasteiger partial charge in [0.05, 0.1) is 7.11 Å². The van der Waals surface area contributed by atoms with Gasteiger partial charge in [-0.05, 0) is 54.9 Å². The molecule has 1 aliphatic rings. The minimum Gasteiger partial charge on any atom is -0.497 e. The Morgan fingerprint density at radius 1 is 1.00 bits per heavy atom. The number of carbonyl (C=O) groups excluding carboxylic acids is 1. The largest absolute Gasteiger partial charge is 0.497 e. The number of nitrogens with zero attached hydrogens (tertiary/aromatic N) is 2. The lowest BCUT2D eigenvalue weighted by atomic mass is 10.1. The lowest BCUT2D eigenvalue weighted by Crippen LogP contribution is -2.49. The van der Waals surface area contributed by atoms with Crippen LogP contribution in [0, 0.1) is 5.82 Å². The van der Waals surface area contributed by atoms with Gasteiger partial charge >= 0.3 is 0 Å². The van der Waals surface area contributed by atoms with Crippen LogP contribution in [0.3, 0.4) is 0 Å². The van der Waals surface area contributed by atoms with Crippen molar-refractivity contribution in [3.05, 3.63) is 59.9 Å². The Kier molecular flexibility index (Phi) is 7.25. The zero-order valence-electron chi connectivity index (χ0n) is 16.4. The number of hydrogen-bond acceptors (Lipinski definition) is 4. The summed E-state index contributed by atoms with van der Waals surface area (Å²) in [5, 5.41) is 3.35. The Morgan fingerprint density at radius 2 is 1.68 bits per heavy atom. The van der Waals surface area contributed by atoms with E-state index in [4.69, 9.17) is 4.74 Å². The minimum absolute atomic E-state index is 0.190. The molecule has 0 aliphatic carbocycles. The van der Waals surface area contributed by atoms with E-state index in [1.807, 2.05) is 17.0 Å². The average Bonchev–Trinajstić information content (AvgIpc) is 2.74. The molecule has 3 rings (SSSR count). The number of ether oxygens (including phenoxy) is 1. The Hall–Kier alpha value is -2.60. The molecule has 0 radical (unpaired) electrons. The van der Waals surface area contributed by atoms with Crippen molar-refractivity contribution in [3.8, 4) is 5.75 Å². The van der Waals surface area contributed by atoms with E-state index < -0.39 is 0 Å². The number of methoxy groups -OCH3 is 1. The molecule has 0 atom stereocenters. The summed E-state index contributed by atoms with van der Waals surface area (Å²) >= 11 is 0. The number of nitrogens with one attached hydrogen (secondary N) is 1. The van der Waals surface area contributed by atoms with Gasteiger partial charge < -0.3 is 19.9 Å². The van der Waals surface area contributed by atoms with Gasteiger partial charge in [-0.2, -0.15) is 0 Å². The van der Waals surface area contributed by atoms with E-state index in [-0.39, 0.29) is 11.7 Å². The normalized spacial score (nSPS) is 14.2. The van der Waals surface area contributed by atoms with Crippen molar-refractivity contribution in [3.63, 3.8) is 0 Å². The molecule has 1 heterocycles. The summed E-state index contributed by atoms with van der Waals surface area (Å²) in [5.74, 6) is 0.828. The molecule has 1 fully saturated rings. The first kappa shape index (κ1) is 20.1. The van der Waals surface area contributed by atoms with E-state index >= 15 is 0 Å². The summed E-state index contributed by atoms with van der Waals surface area (Å²) in [6.45, 7) is 4.51. The summed E-state index contributed by atoms with van der Waals surface area (Å²) in [6, 6.07) is 14.6. The quantitative estimate of drug-likeness (QED) is 0.710. The highest BCUT2D eigenvalue weighted by Gasteiger charge is 2.20. The third kappa shape index (κ3) is 5.70. The van der Waals surface area contributed by atoms with Crippen LogP contribution in [0.25, 0.3) is 0 Å². The van der Waals surface area contributed by atoms with Crippen molar-refractivity contribution in [1.82, 2.24) is 10.2 Å². The molecule has 0 unspecified atom stereocenters. The number of anilines is 1. The molecule has 5 nitrogen and oxygen atoms in total. The highest BCUT2D eigenvalue weighted by atomic mass is 19.1. The van der Waals surface area contributed by atoms with Gasteiger partial charge in [-0.15, -0.1) is 0 Å². The third-order valence-electron chi connectivity index (χ3n) is 5.09. The second-order valence-corrected chi connectivity index (χ2v) is 6.94. The van der Waals surface area contributed by atoms with Gasteiger partial charge in [-0.3, -0.25) is 4.79 Å². The fraction of sp³-hybridized carbons (Fsp3) is 0.409.